The third kappa shape index (κ3) is 4.22. The van der Waals surface area contributed by atoms with Crippen LogP contribution in [0.5, 0.6) is 0 Å². The van der Waals surface area contributed by atoms with E-state index in [1.807, 2.05) is 6.92 Å². The summed E-state index contributed by atoms with van der Waals surface area (Å²) >= 11 is 4.93. The van der Waals surface area contributed by atoms with Gasteiger partial charge in [0.05, 0.1) is 0 Å². The Bertz CT molecular complexity index is 355. The molecule has 1 aromatic heterocycles. The molecule has 0 bridgehead atoms. The highest BCUT2D eigenvalue weighted by Gasteiger charge is 2.05. The zero-order valence-corrected chi connectivity index (χ0v) is 9.80. The van der Waals surface area contributed by atoms with Crippen LogP contribution in [0.4, 0.5) is 0 Å². The molecule has 0 saturated carbocycles. The predicted molar refractivity (Wildman–Crippen MR) is 65.7 cm³/mol. The van der Waals surface area contributed by atoms with Gasteiger partial charge in [0.1, 0.15) is 5.69 Å². The molecule has 0 atom stereocenters. The van der Waals surface area contributed by atoms with Gasteiger partial charge in [0.25, 0.3) is 5.91 Å². The summed E-state index contributed by atoms with van der Waals surface area (Å²) in [6, 6.07) is 5.12. The highest BCUT2D eigenvalue weighted by atomic mass is 32.1. The maximum atomic E-state index is 11.5. The van der Waals surface area contributed by atoms with E-state index in [2.05, 4.69) is 21.2 Å². The second kappa shape index (κ2) is 6.73. The maximum Gasteiger partial charge on any atom is 0.288 e. The molecule has 86 valence electrons. The molecule has 3 N–H and O–H groups in total. The number of hydrogen-bond donors (Lipinski definition) is 3. The van der Waals surface area contributed by atoms with Crippen LogP contribution in [0.15, 0.2) is 24.4 Å². The van der Waals surface area contributed by atoms with Gasteiger partial charge in [-0.2, -0.15) is 0 Å². The Balaban J connectivity index is 2.33. The van der Waals surface area contributed by atoms with Gasteiger partial charge in [-0.25, -0.2) is 0 Å². The van der Waals surface area contributed by atoms with Crippen LogP contribution in [-0.4, -0.2) is 22.5 Å². The van der Waals surface area contributed by atoms with Crippen LogP contribution in [0.3, 0.4) is 0 Å². The zero-order chi connectivity index (χ0) is 11.8. The molecule has 1 amide bonds. The monoisotopic (exact) mass is 238 g/mol. The average Bonchev–Trinajstić information content (AvgIpc) is 2.34. The van der Waals surface area contributed by atoms with E-state index in [1.54, 1.807) is 24.4 Å². The van der Waals surface area contributed by atoms with Crippen molar-refractivity contribution in [3.63, 3.8) is 0 Å². The van der Waals surface area contributed by atoms with Gasteiger partial charge in [-0.05, 0) is 30.8 Å². The van der Waals surface area contributed by atoms with Gasteiger partial charge >= 0.3 is 0 Å². The van der Waals surface area contributed by atoms with E-state index in [1.165, 1.54) is 0 Å². The minimum atomic E-state index is -0.318. The fourth-order valence-electron chi connectivity index (χ4n) is 0.957. The quantitative estimate of drug-likeness (QED) is 0.531. The van der Waals surface area contributed by atoms with Crippen LogP contribution >= 0.6 is 12.2 Å². The Labute approximate surface area is 99.6 Å². The van der Waals surface area contributed by atoms with E-state index in [4.69, 9.17) is 12.2 Å². The van der Waals surface area contributed by atoms with E-state index in [0.717, 1.165) is 13.0 Å². The Morgan fingerprint density at radius 1 is 1.44 bits per heavy atom. The molecule has 0 spiro atoms. The lowest BCUT2D eigenvalue weighted by Crippen LogP contribution is -2.47. The van der Waals surface area contributed by atoms with Crippen molar-refractivity contribution in [3.05, 3.63) is 30.1 Å². The predicted octanol–water partition coefficient (Wildman–Crippen LogP) is 0.600. The first-order chi connectivity index (χ1) is 7.74. The third-order valence-electron chi connectivity index (χ3n) is 1.72. The van der Waals surface area contributed by atoms with Crippen molar-refractivity contribution in [2.24, 2.45) is 0 Å². The third-order valence-corrected chi connectivity index (χ3v) is 1.97. The zero-order valence-electron chi connectivity index (χ0n) is 8.99. The lowest BCUT2D eigenvalue weighted by atomic mass is 10.3. The number of carbonyl (C=O) groups is 1. The van der Waals surface area contributed by atoms with E-state index in [-0.39, 0.29) is 5.91 Å². The first-order valence-electron chi connectivity index (χ1n) is 4.99. The fourth-order valence-corrected chi connectivity index (χ4v) is 1.11. The van der Waals surface area contributed by atoms with Crippen molar-refractivity contribution in [3.8, 4) is 0 Å². The van der Waals surface area contributed by atoms with Crippen molar-refractivity contribution in [2.75, 3.05) is 6.54 Å². The van der Waals surface area contributed by atoms with Gasteiger partial charge in [0, 0.05) is 12.7 Å². The van der Waals surface area contributed by atoms with Crippen LogP contribution in [0.2, 0.25) is 0 Å². The molecule has 0 aromatic carbocycles. The standard InChI is InChI=1S/C10H14N4OS/c1-2-6-12-10(16)14-13-9(15)8-5-3-4-7-11-8/h3-5,7H,2,6H2,1H3,(H,13,15)(H2,12,14,16). The minimum Gasteiger partial charge on any atom is -0.361 e. The molecule has 0 aliphatic rings. The van der Waals surface area contributed by atoms with Gasteiger partial charge in [0.15, 0.2) is 5.11 Å². The lowest BCUT2D eigenvalue weighted by molar-refractivity contribution is 0.0938. The topological polar surface area (TPSA) is 66.0 Å². The number of amides is 1. The number of rotatable bonds is 3. The SMILES string of the molecule is CCCNC(=S)NNC(=O)c1ccccn1. The fraction of sp³-hybridized carbons (Fsp3) is 0.300. The first-order valence-corrected chi connectivity index (χ1v) is 5.40. The summed E-state index contributed by atoms with van der Waals surface area (Å²) in [5.41, 5.74) is 5.39. The Hall–Kier alpha value is -1.69. The first kappa shape index (κ1) is 12.4. The van der Waals surface area contributed by atoms with Gasteiger partial charge < -0.3 is 5.32 Å². The van der Waals surface area contributed by atoms with E-state index in [9.17, 15) is 4.79 Å². The second-order valence-electron chi connectivity index (χ2n) is 3.05. The van der Waals surface area contributed by atoms with Gasteiger partial charge in [-0.1, -0.05) is 13.0 Å². The largest absolute Gasteiger partial charge is 0.361 e. The molecular formula is C10H14N4OS. The summed E-state index contributed by atoms with van der Waals surface area (Å²) in [4.78, 5) is 15.4. The van der Waals surface area contributed by atoms with E-state index >= 15 is 0 Å². The van der Waals surface area contributed by atoms with Crippen LogP contribution < -0.4 is 16.2 Å². The number of carbonyl (C=O) groups excluding carboxylic acids is 1. The summed E-state index contributed by atoms with van der Waals surface area (Å²) in [5.74, 6) is -0.318. The summed E-state index contributed by atoms with van der Waals surface area (Å²) in [5, 5.41) is 3.32. The van der Waals surface area contributed by atoms with Crippen molar-refractivity contribution in [1.29, 1.82) is 0 Å². The molecule has 0 saturated heterocycles. The highest BCUT2D eigenvalue weighted by Crippen LogP contribution is 1.91. The molecule has 1 aromatic rings. The van der Waals surface area contributed by atoms with Crippen molar-refractivity contribution >= 4 is 23.2 Å². The Kier molecular flexibility index (Phi) is 5.21. The number of nitrogens with zero attached hydrogens (tertiary/aromatic N) is 1. The van der Waals surface area contributed by atoms with Crippen LogP contribution in [0, 0.1) is 0 Å². The maximum absolute atomic E-state index is 11.5. The molecule has 1 rings (SSSR count). The number of hydrogen-bond acceptors (Lipinski definition) is 3. The average molecular weight is 238 g/mol. The minimum absolute atomic E-state index is 0.318. The van der Waals surface area contributed by atoms with Crippen LogP contribution in [0.1, 0.15) is 23.8 Å². The van der Waals surface area contributed by atoms with Crippen LogP contribution in [-0.2, 0) is 0 Å². The number of pyridine rings is 1. The van der Waals surface area contributed by atoms with Gasteiger partial charge in [-0.3, -0.25) is 20.6 Å². The summed E-state index contributed by atoms with van der Waals surface area (Å²) in [6.07, 6.45) is 2.53. The van der Waals surface area contributed by atoms with Gasteiger partial charge in [-0.15, -0.1) is 0 Å². The molecule has 0 unspecified atom stereocenters. The molecule has 0 aliphatic heterocycles. The van der Waals surface area contributed by atoms with Gasteiger partial charge in [0.2, 0.25) is 0 Å². The number of thiocarbonyl (C=S) groups is 1. The number of nitrogens with one attached hydrogen (secondary N) is 3. The highest BCUT2D eigenvalue weighted by molar-refractivity contribution is 7.80. The van der Waals surface area contributed by atoms with Crippen molar-refractivity contribution < 1.29 is 4.79 Å². The molecule has 1 heterocycles. The van der Waals surface area contributed by atoms with E-state index < -0.39 is 0 Å². The summed E-state index contributed by atoms with van der Waals surface area (Å²) in [6.45, 7) is 2.80. The molecule has 0 radical (unpaired) electrons. The smallest absolute Gasteiger partial charge is 0.288 e. The molecule has 5 nitrogen and oxygen atoms in total. The molecule has 0 aliphatic carbocycles. The summed E-state index contributed by atoms with van der Waals surface area (Å²) in [7, 11) is 0. The molecular weight excluding hydrogens is 224 g/mol. The van der Waals surface area contributed by atoms with Crippen molar-refractivity contribution in [2.45, 2.75) is 13.3 Å². The molecule has 0 fully saturated rings. The molecule has 6 heteroatoms. The summed E-state index contributed by atoms with van der Waals surface area (Å²) < 4.78 is 0. The molecule has 16 heavy (non-hydrogen) atoms. The normalized spacial score (nSPS) is 9.31. The Morgan fingerprint density at radius 2 is 2.25 bits per heavy atom. The number of aromatic nitrogens is 1. The van der Waals surface area contributed by atoms with Crippen molar-refractivity contribution in [1.82, 2.24) is 21.2 Å². The second-order valence-corrected chi connectivity index (χ2v) is 3.46. The number of hydrazine groups is 1. The van der Waals surface area contributed by atoms with E-state index in [0.29, 0.717) is 10.8 Å². The van der Waals surface area contributed by atoms with Crippen LogP contribution in [0.25, 0.3) is 0 Å². The lowest BCUT2D eigenvalue weighted by Gasteiger charge is -2.10. The Morgan fingerprint density at radius 3 is 2.88 bits per heavy atom.